The van der Waals surface area contributed by atoms with Gasteiger partial charge in [0.1, 0.15) is 5.75 Å². The van der Waals surface area contributed by atoms with Crippen LogP contribution in [0.2, 0.25) is 0 Å². The molecule has 0 fully saturated rings. The highest BCUT2D eigenvalue weighted by molar-refractivity contribution is 5.83. The summed E-state index contributed by atoms with van der Waals surface area (Å²) in [4.78, 5) is 12.7. The van der Waals surface area contributed by atoms with Crippen molar-refractivity contribution in [2.24, 2.45) is 5.10 Å². The fourth-order valence-corrected chi connectivity index (χ4v) is 1.83. The molecule has 2 rings (SSSR count). The van der Waals surface area contributed by atoms with Crippen LogP contribution in [0.1, 0.15) is 19.4 Å². The predicted octanol–water partition coefficient (Wildman–Crippen LogP) is 2.19. The van der Waals surface area contributed by atoms with Crippen molar-refractivity contribution in [2.45, 2.75) is 13.8 Å². The van der Waals surface area contributed by atoms with Gasteiger partial charge in [0, 0.05) is 18.7 Å². The van der Waals surface area contributed by atoms with Crippen molar-refractivity contribution < 1.29 is 4.74 Å². The Kier molecular flexibility index (Phi) is 6.10. The third-order valence-corrected chi connectivity index (χ3v) is 2.81. The van der Waals surface area contributed by atoms with Gasteiger partial charge in [0.05, 0.1) is 13.3 Å². The number of hydrogen-bond donors (Lipinski definition) is 3. The van der Waals surface area contributed by atoms with Crippen LogP contribution in [-0.2, 0) is 0 Å². The van der Waals surface area contributed by atoms with E-state index in [-0.39, 0.29) is 0 Å². The van der Waals surface area contributed by atoms with E-state index < -0.39 is 0 Å². The molecule has 0 bridgehead atoms. The maximum absolute atomic E-state index is 5.27. The molecule has 3 N–H and O–H groups in total. The molecule has 0 saturated carbocycles. The Morgan fingerprint density at radius 3 is 2.22 bits per heavy atom. The van der Waals surface area contributed by atoms with Crippen LogP contribution in [-0.4, -0.2) is 41.4 Å². The van der Waals surface area contributed by atoms with Crippen LogP contribution in [0.15, 0.2) is 29.4 Å². The maximum Gasteiger partial charge on any atom is 0.250 e. The zero-order valence-electron chi connectivity index (χ0n) is 13.5. The summed E-state index contributed by atoms with van der Waals surface area (Å²) in [6, 6.07) is 7.60. The van der Waals surface area contributed by atoms with Crippen LogP contribution in [0.3, 0.4) is 0 Å². The van der Waals surface area contributed by atoms with Crippen molar-refractivity contribution in [3.8, 4) is 5.75 Å². The van der Waals surface area contributed by atoms with Crippen LogP contribution >= 0.6 is 0 Å². The lowest BCUT2D eigenvalue weighted by Crippen LogP contribution is -2.10. The van der Waals surface area contributed by atoms with E-state index in [0.717, 1.165) is 24.4 Å². The number of ether oxygens (including phenoxy) is 1. The molecule has 0 saturated heterocycles. The van der Waals surface area contributed by atoms with E-state index >= 15 is 0 Å². The molecule has 0 spiro atoms. The van der Waals surface area contributed by atoms with Crippen LogP contribution in [0.4, 0.5) is 17.8 Å². The predicted molar refractivity (Wildman–Crippen MR) is 92.4 cm³/mol. The molecule has 8 heteroatoms. The summed E-state index contributed by atoms with van der Waals surface area (Å²) in [7, 11) is 1.62. The van der Waals surface area contributed by atoms with Crippen molar-refractivity contribution in [1.82, 2.24) is 15.0 Å². The first kappa shape index (κ1) is 16.5. The summed E-state index contributed by atoms with van der Waals surface area (Å²) in [6.07, 6.45) is 1.66. The van der Waals surface area contributed by atoms with E-state index in [0.29, 0.717) is 17.8 Å². The smallest absolute Gasteiger partial charge is 0.250 e. The Morgan fingerprint density at radius 2 is 1.61 bits per heavy atom. The highest BCUT2D eigenvalue weighted by Gasteiger charge is 2.04. The molecule has 8 nitrogen and oxygen atoms in total. The van der Waals surface area contributed by atoms with Crippen LogP contribution in [0.25, 0.3) is 0 Å². The molecule has 23 heavy (non-hydrogen) atoms. The highest BCUT2D eigenvalue weighted by atomic mass is 16.5. The molecule has 0 aliphatic carbocycles. The third-order valence-electron chi connectivity index (χ3n) is 2.81. The lowest BCUT2D eigenvalue weighted by atomic mass is 10.2. The fraction of sp³-hybridized carbons (Fsp3) is 0.333. The summed E-state index contributed by atoms with van der Waals surface area (Å²) < 4.78 is 5.27. The average molecular weight is 315 g/mol. The van der Waals surface area contributed by atoms with Crippen molar-refractivity contribution in [2.75, 3.05) is 36.3 Å². The lowest BCUT2D eigenvalue weighted by Gasteiger charge is -2.07. The number of para-hydroxylation sites is 1. The van der Waals surface area contributed by atoms with E-state index in [2.05, 4.69) is 36.1 Å². The zero-order chi connectivity index (χ0) is 16.5. The van der Waals surface area contributed by atoms with E-state index in [1.54, 1.807) is 13.3 Å². The summed E-state index contributed by atoms with van der Waals surface area (Å²) in [5.41, 5.74) is 3.67. The van der Waals surface area contributed by atoms with E-state index in [1.165, 1.54) is 0 Å². The third kappa shape index (κ3) is 4.80. The second kappa shape index (κ2) is 8.52. The average Bonchev–Trinajstić information content (AvgIpc) is 2.56. The minimum Gasteiger partial charge on any atom is -0.496 e. The maximum atomic E-state index is 5.27. The number of rotatable bonds is 8. The quantitative estimate of drug-likeness (QED) is 0.507. The molecule has 1 aromatic carbocycles. The van der Waals surface area contributed by atoms with Crippen molar-refractivity contribution in [3.63, 3.8) is 0 Å². The normalized spacial score (nSPS) is 10.6. The molecule has 1 aromatic heterocycles. The molecule has 122 valence electrons. The monoisotopic (exact) mass is 315 g/mol. The van der Waals surface area contributed by atoms with E-state index in [4.69, 9.17) is 4.74 Å². The molecular formula is C15H21N7O. The molecule has 2 aromatic rings. The van der Waals surface area contributed by atoms with Gasteiger partial charge in [-0.1, -0.05) is 12.1 Å². The number of anilines is 3. The van der Waals surface area contributed by atoms with Crippen molar-refractivity contribution in [1.29, 1.82) is 0 Å². The van der Waals surface area contributed by atoms with Crippen LogP contribution < -0.4 is 20.8 Å². The van der Waals surface area contributed by atoms with E-state index in [1.807, 2.05) is 38.1 Å². The Bertz CT molecular complexity index is 636. The summed E-state index contributed by atoms with van der Waals surface area (Å²) in [5.74, 6) is 2.09. The van der Waals surface area contributed by atoms with Crippen molar-refractivity contribution in [3.05, 3.63) is 29.8 Å². The largest absolute Gasteiger partial charge is 0.496 e. The molecule has 1 heterocycles. The van der Waals surface area contributed by atoms with Gasteiger partial charge in [0.15, 0.2) is 0 Å². The molecule has 0 amide bonds. The first-order valence-corrected chi connectivity index (χ1v) is 7.42. The van der Waals surface area contributed by atoms with Crippen molar-refractivity contribution >= 4 is 24.1 Å². The first-order valence-electron chi connectivity index (χ1n) is 7.42. The highest BCUT2D eigenvalue weighted by Crippen LogP contribution is 2.15. The SMILES string of the molecule is CCNc1nc(NCC)nc(N/N=C/c2ccccc2OC)n1. The topological polar surface area (TPSA) is 96.4 Å². The number of hydrogen-bond acceptors (Lipinski definition) is 8. The molecule has 0 radical (unpaired) electrons. The Labute approximate surface area is 135 Å². The molecule has 0 aliphatic rings. The second-order valence-electron chi connectivity index (χ2n) is 4.48. The second-order valence-corrected chi connectivity index (χ2v) is 4.48. The zero-order valence-corrected chi connectivity index (χ0v) is 13.5. The Hall–Kier alpha value is -2.90. The minimum absolute atomic E-state index is 0.359. The number of methoxy groups -OCH3 is 1. The van der Waals surface area contributed by atoms with Gasteiger partial charge in [-0.3, -0.25) is 0 Å². The Balaban J connectivity index is 2.13. The Morgan fingerprint density at radius 1 is 1.00 bits per heavy atom. The van der Waals surface area contributed by atoms with Gasteiger partial charge in [0.25, 0.3) is 0 Å². The number of benzene rings is 1. The van der Waals surface area contributed by atoms with Crippen LogP contribution in [0, 0.1) is 0 Å². The molecule has 0 atom stereocenters. The number of nitrogens with one attached hydrogen (secondary N) is 3. The minimum atomic E-state index is 0.359. The fourth-order valence-electron chi connectivity index (χ4n) is 1.83. The van der Waals surface area contributed by atoms with Gasteiger partial charge in [-0.2, -0.15) is 20.1 Å². The van der Waals surface area contributed by atoms with Gasteiger partial charge < -0.3 is 15.4 Å². The molecular weight excluding hydrogens is 294 g/mol. The van der Waals surface area contributed by atoms with Gasteiger partial charge in [0.2, 0.25) is 17.8 Å². The summed E-state index contributed by atoms with van der Waals surface area (Å²) >= 11 is 0. The van der Waals surface area contributed by atoms with Gasteiger partial charge >= 0.3 is 0 Å². The summed E-state index contributed by atoms with van der Waals surface area (Å²) in [5, 5.41) is 10.3. The van der Waals surface area contributed by atoms with Gasteiger partial charge in [-0.05, 0) is 26.0 Å². The van der Waals surface area contributed by atoms with Gasteiger partial charge in [-0.15, -0.1) is 0 Å². The standard InChI is InChI=1S/C15H21N7O/c1-4-16-13-19-14(17-5-2)21-15(20-13)22-18-10-11-8-6-7-9-12(11)23-3/h6-10H,4-5H2,1-3H3,(H3,16,17,19,20,21,22)/b18-10+. The summed E-state index contributed by atoms with van der Waals surface area (Å²) in [6.45, 7) is 5.40. The number of hydrazone groups is 1. The molecule has 0 unspecified atom stereocenters. The first-order chi connectivity index (χ1) is 11.3. The number of aromatic nitrogens is 3. The van der Waals surface area contributed by atoms with Gasteiger partial charge in [-0.25, -0.2) is 5.43 Å². The number of nitrogens with zero attached hydrogens (tertiary/aromatic N) is 4. The van der Waals surface area contributed by atoms with E-state index in [9.17, 15) is 0 Å². The lowest BCUT2D eigenvalue weighted by molar-refractivity contribution is 0.414. The molecule has 0 aliphatic heterocycles. The van der Waals surface area contributed by atoms with Crippen LogP contribution in [0.5, 0.6) is 5.75 Å².